The van der Waals surface area contributed by atoms with Gasteiger partial charge in [0.2, 0.25) is 0 Å². The second-order valence-corrected chi connectivity index (χ2v) is 6.10. The Labute approximate surface area is 155 Å². The van der Waals surface area contributed by atoms with Crippen LogP contribution in [0.4, 0.5) is 10.5 Å². The molecule has 0 saturated carbocycles. The van der Waals surface area contributed by atoms with Gasteiger partial charge in [-0.3, -0.25) is 0 Å². The number of nitrogens with one attached hydrogen (secondary N) is 2. The third-order valence-corrected chi connectivity index (χ3v) is 4.16. The second-order valence-electron chi connectivity index (χ2n) is 5.29. The molecule has 25 heavy (non-hydrogen) atoms. The Hall–Kier alpha value is -1.80. The number of aromatic nitrogens is 1. The summed E-state index contributed by atoms with van der Waals surface area (Å²) in [5.74, 6) is 0.420. The lowest BCUT2D eigenvalue weighted by Crippen LogP contribution is -2.44. The van der Waals surface area contributed by atoms with Crippen molar-refractivity contribution < 1.29 is 18.8 Å². The topological polar surface area (TPSA) is 85.6 Å². The van der Waals surface area contributed by atoms with Gasteiger partial charge in [-0.1, -0.05) is 34.4 Å². The van der Waals surface area contributed by atoms with Crippen LogP contribution < -0.4 is 10.6 Å². The average Bonchev–Trinajstić information content (AvgIpc) is 2.89. The summed E-state index contributed by atoms with van der Waals surface area (Å²) < 4.78 is 15.4. The zero-order valence-corrected chi connectivity index (χ0v) is 15.7. The van der Waals surface area contributed by atoms with E-state index in [-0.39, 0.29) is 6.04 Å². The number of amides is 2. The first kappa shape index (κ1) is 19.5. The molecule has 0 bridgehead atoms. The summed E-state index contributed by atoms with van der Waals surface area (Å²) in [7, 11) is 2.98. The third kappa shape index (κ3) is 4.43. The van der Waals surface area contributed by atoms with Crippen LogP contribution in [0, 0.1) is 6.92 Å². The van der Waals surface area contributed by atoms with Gasteiger partial charge in [-0.05, 0) is 26.0 Å². The molecule has 0 aliphatic rings. The summed E-state index contributed by atoms with van der Waals surface area (Å²) >= 11 is 12.4. The summed E-state index contributed by atoms with van der Waals surface area (Å²) in [4.78, 5) is 12.3. The number of benzene rings is 1. The first-order valence-electron chi connectivity index (χ1n) is 7.42. The number of halogens is 2. The summed E-state index contributed by atoms with van der Waals surface area (Å²) in [6.07, 6.45) is -0.577. The van der Waals surface area contributed by atoms with E-state index in [0.717, 1.165) is 0 Å². The van der Waals surface area contributed by atoms with Crippen LogP contribution in [0.2, 0.25) is 10.0 Å². The van der Waals surface area contributed by atoms with E-state index in [1.807, 2.05) is 0 Å². The molecule has 0 fully saturated rings. The van der Waals surface area contributed by atoms with Crippen molar-refractivity contribution in [3.8, 4) is 11.3 Å². The molecule has 1 unspecified atom stereocenters. The van der Waals surface area contributed by atoms with Crippen molar-refractivity contribution >= 4 is 34.9 Å². The van der Waals surface area contributed by atoms with E-state index >= 15 is 0 Å². The summed E-state index contributed by atoms with van der Waals surface area (Å²) in [5.41, 5.74) is 1.22. The summed E-state index contributed by atoms with van der Waals surface area (Å²) in [6, 6.07) is 4.23. The molecule has 1 aromatic carbocycles. The second kappa shape index (κ2) is 8.53. The van der Waals surface area contributed by atoms with Crippen molar-refractivity contribution in [3.63, 3.8) is 0 Å². The fourth-order valence-corrected chi connectivity index (χ4v) is 2.92. The normalized spacial score (nSPS) is 12.3. The number of urea groups is 1. The highest BCUT2D eigenvalue weighted by Crippen LogP contribution is 2.39. The Balaban J connectivity index is 2.24. The van der Waals surface area contributed by atoms with Gasteiger partial charge in [-0.15, -0.1) is 0 Å². The van der Waals surface area contributed by atoms with Gasteiger partial charge < -0.3 is 24.6 Å². The monoisotopic (exact) mass is 387 g/mol. The van der Waals surface area contributed by atoms with Gasteiger partial charge in [0.05, 0.1) is 16.1 Å². The van der Waals surface area contributed by atoms with Crippen molar-refractivity contribution in [2.75, 3.05) is 19.5 Å². The number of hydrogen-bond donors (Lipinski definition) is 2. The van der Waals surface area contributed by atoms with Crippen LogP contribution in [0.15, 0.2) is 22.7 Å². The number of nitrogens with zero attached hydrogens (tertiary/aromatic N) is 1. The Morgan fingerprint density at radius 3 is 2.40 bits per heavy atom. The quantitative estimate of drug-likeness (QED) is 0.729. The van der Waals surface area contributed by atoms with Gasteiger partial charge in [-0.2, -0.15) is 0 Å². The molecule has 136 valence electrons. The van der Waals surface area contributed by atoms with Gasteiger partial charge in [-0.25, -0.2) is 4.79 Å². The molecule has 2 aromatic rings. The van der Waals surface area contributed by atoms with E-state index < -0.39 is 12.3 Å². The Kier molecular flexibility index (Phi) is 6.66. The first-order chi connectivity index (χ1) is 11.9. The van der Waals surface area contributed by atoms with E-state index in [1.165, 1.54) is 14.2 Å². The highest BCUT2D eigenvalue weighted by atomic mass is 35.5. The van der Waals surface area contributed by atoms with Crippen molar-refractivity contribution in [2.45, 2.75) is 26.2 Å². The molecule has 1 aromatic heterocycles. The zero-order valence-electron chi connectivity index (χ0n) is 14.2. The van der Waals surface area contributed by atoms with E-state index in [9.17, 15) is 4.79 Å². The van der Waals surface area contributed by atoms with Gasteiger partial charge in [0.1, 0.15) is 11.4 Å². The summed E-state index contributed by atoms with van der Waals surface area (Å²) in [6.45, 7) is 3.43. The van der Waals surface area contributed by atoms with Crippen LogP contribution >= 0.6 is 23.2 Å². The van der Waals surface area contributed by atoms with Crippen LogP contribution in [0.5, 0.6) is 0 Å². The smallest absolute Gasteiger partial charge is 0.319 e. The van der Waals surface area contributed by atoms with E-state index in [0.29, 0.717) is 32.8 Å². The van der Waals surface area contributed by atoms with Crippen molar-refractivity contribution in [2.24, 2.45) is 0 Å². The van der Waals surface area contributed by atoms with Crippen LogP contribution in [0.25, 0.3) is 11.3 Å². The number of aryl methyl sites for hydroxylation is 1. The minimum atomic E-state index is -0.577. The number of methoxy groups -OCH3 is 2. The van der Waals surface area contributed by atoms with Crippen molar-refractivity contribution in [1.29, 1.82) is 0 Å². The number of carbonyl (C=O) groups is 1. The van der Waals surface area contributed by atoms with Crippen molar-refractivity contribution in [3.05, 3.63) is 34.0 Å². The standard InChI is InChI=1S/C16H19Cl2N3O4/c1-8(15(23-3)24-4)19-16(22)20-13-9(2)25-21-14(13)12-10(17)6-5-7-11(12)18/h5-8,15H,1-4H3,(H2,19,20,22). The minimum Gasteiger partial charge on any atom is -0.359 e. The van der Waals surface area contributed by atoms with E-state index in [4.69, 9.17) is 37.2 Å². The average molecular weight is 388 g/mol. The van der Waals surface area contributed by atoms with Gasteiger partial charge >= 0.3 is 6.03 Å². The molecule has 2 rings (SSSR count). The molecule has 0 radical (unpaired) electrons. The molecule has 9 heteroatoms. The Morgan fingerprint density at radius 1 is 1.24 bits per heavy atom. The molecule has 2 amide bonds. The molecule has 0 spiro atoms. The highest BCUT2D eigenvalue weighted by molar-refractivity contribution is 6.39. The Morgan fingerprint density at radius 2 is 1.84 bits per heavy atom. The largest absolute Gasteiger partial charge is 0.359 e. The third-order valence-electron chi connectivity index (χ3n) is 3.53. The molecule has 0 saturated heterocycles. The van der Waals surface area contributed by atoms with Crippen molar-refractivity contribution in [1.82, 2.24) is 10.5 Å². The van der Waals surface area contributed by atoms with Crippen LogP contribution in [-0.2, 0) is 9.47 Å². The lowest BCUT2D eigenvalue weighted by atomic mass is 10.1. The maximum Gasteiger partial charge on any atom is 0.319 e. The molecule has 1 atom stereocenters. The number of hydrogen-bond acceptors (Lipinski definition) is 5. The van der Waals surface area contributed by atoms with Crippen LogP contribution in [0.1, 0.15) is 12.7 Å². The zero-order chi connectivity index (χ0) is 18.6. The molecule has 0 aliphatic carbocycles. The van der Waals surface area contributed by atoms with Gasteiger partial charge in [0.25, 0.3) is 0 Å². The lowest BCUT2D eigenvalue weighted by Gasteiger charge is -2.22. The maximum absolute atomic E-state index is 12.3. The fourth-order valence-electron chi connectivity index (χ4n) is 2.34. The first-order valence-corrected chi connectivity index (χ1v) is 8.18. The Bertz CT molecular complexity index is 727. The lowest BCUT2D eigenvalue weighted by molar-refractivity contribution is -0.117. The predicted octanol–water partition coefficient (Wildman–Crippen LogP) is 4.09. The summed E-state index contributed by atoms with van der Waals surface area (Å²) in [5, 5.41) is 10.2. The molecular weight excluding hydrogens is 369 g/mol. The van der Waals surface area contributed by atoms with Crippen LogP contribution in [-0.4, -0.2) is 37.7 Å². The van der Waals surface area contributed by atoms with E-state index in [2.05, 4.69) is 15.8 Å². The molecular formula is C16H19Cl2N3O4. The predicted molar refractivity (Wildman–Crippen MR) is 96.1 cm³/mol. The van der Waals surface area contributed by atoms with Gasteiger partial charge in [0, 0.05) is 19.8 Å². The maximum atomic E-state index is 12.3. The highest BCUT2D eigenvalue weighted by Gasteiger charge is 2.23. The molecule has 7 nitrogen and oxygen atoms in total. The van der Waals surface area contributed by atoms with Crippen LogP contribution in [0.3, 0.4) is 0 Å². The van der Waals surface area contributed by atoms with E-state index in [1.54, 1.807) is 32.0 Å². The number of ether oxygens (including phenoxy) is 2. The number of anilines is 1. The fraction of sp³-hybridized carbons (Fsp3) is 0.375. The minimum absolute atomic E-state index is 0.353. The molecule has 0 aliphatic heterocycles. The molecule has 2 N–H and O–H groups in total. The molecule has 1 heterocycles. The van der Waals surface area contributed by atoms with Gasteiger partial charge in [0.15, 0.2) is 12.1 Å². The SMILES string of the molecule is COC(OC)C(C)NC(=O)Nc1c(-c2c(Cl)cccc2Cl)noc1C. The number of rotatable bonds is 6. The number of carbonyl (C=O) groups excluding carboxylic acids is 1.